The van der Waals surface area contributed by atoms with Crippen molar-refractivity contribution < 1.29 is 18.3 Å². The highest BCUT2D eigenvalue weighted by atomic mass is 19.1. The molecule has 0 unspecified atom stereocenters. The molecular weight excluding hydrogens is 314 g/mol. The molecule has 0 atom stereocenters. The van der Waals surface area contributed by atoms with E-state index in [9.17, 15) is 13.6 Å². The number of hydrogen-bond donors (Lipinski definition) is 1. The van der Waals surface area contributed by atoms with Crippen LogP contribution in [0.5, 0.6) is 5.75 Å². The van der Waals surface area contributed by atoms with Crippen molar-refractivity contribution in [2.45, 2.75) is 6.54 Å². The molecule has 4 nitrogen and oxygen atoms in total. The van der Waals surface area contributed by atoms with E-state index < -0.39 is 17.5 Å². The number of fused-ring (bicyclic) bond motifs is 2. The van der Waals surface area contributed by atoms with Crippen LogP contribution in [-0.2, 0) is 6.54 Å². The molecule has 1 aliphatic rings. The number of aromatic nitrogens is 1. The van der Waals surface area contributed by atoms with Gasteiger partial charge in [0, 0.05) is 16.5 Å². The first kappa shape index (κ1) is 14.6. The predicted molar refractivity (Wildman–Crippen MR) is 84.8 cm³/mol. The van der Waals surface area contributed by atoms with Crippen LogP contribution in [0.3, 0.4) is 0 Å². The molecule has 3 aromatic rings. The fourth-order valence-electron chi connectivity index (χ4n) is 2.96. The van der Waals surface area contributed by atoms with E-state index in [2.05, 4.69) is 10.3 Å². The Bertz CT molecular complexity index is 1000. The van der Waals surface area contributed by atoms with Crippen molar-refractivity contribution in [2.75, 3.05) is 7.11 Å². The standard InChI is InChI=1S/C18H12F2N2O2/c1-24-9-5-6-13(19)12(7-9)10-3-2-4-11-16(20)15-14(22-17(10)11)8-21-18(15)23/h2-7H,8H2,1H3,(H,21,23). The van der Waals surface area contributed by atoms with Crippen molar-refractivity contribution in [3.8, 4) is 16.9 Å². The first-order valence-electron chi connectivity index (χ1n) is 7.33. The number of benzene rings is 2. The molecule has 0 fully saturated rings. The summed E-state index contributed by atoms with van der Waals surface area (Å²) in [5, 5.41) is 2.74. The lowest BCUT2D eigenvalue weighted by molar-refractivity contribution is 0.0962. The highest BCUT2D eigenvalue weighted by Crippen LogP contribution is 2.34. The number of ether oxygens (including phenoxy) is 1. The summed E-state index contributed by atoms with van der Waals surface area (Å²) in [6.45, 7) is 0.163. The molecule has 2 heterocycles. The number of amides is 1. The number of nitrogens with zero attached hydrogens (tertiary/aromatic N) is 1. The number of rotatable bonds is 2. The number of nitrogens with one attached hydrogen (secondary N) is 1. The van der Waals surface area contributed by atoms with Gasteiger partial charge in [0.15, 0.2) is 0 Å². The van der Waals surface area contributed by atoms with E-state index in [0.717, 1.165) is 0 Å². The predicted octanol–water partition coefficient (Wildman–Crippen LogP) is 3.43. The molecule has 24 heavy (non-hydrogen) atoms. The van der Waals surface area contributed by atoms with Gasteiger partial charge in [-0.05, 0) is 24.3 Å². The monoisotopic (exact) mass is 326 g/mol. The number of para-hydroxylation sites is 1. The van der Waals surface area contributed by atoms with Gasteiger partial charge in [-0.25, -0.2) is 13.8 Å². The Morgan fingerprint density at radius 2 is 2.00 bits per heavy atom. The minimum Gasteiger partial charge on any atom is -0.497 e. The van der Waals surface area contributed by atoms with Gasteiger partial charge in [-0.3, -0.25) is 4.79 Å². The third kappa shape index (κ3) is 2.03. The van der Waals surface area contributed by atoms with Crippen molar-refractivity contribution in [1.29, 1.82) is 0 Å². The molecule has 2 aromatic carbocycles. The molecule has 120 valence electrons. The van der Waals surface area contributed by atoms with Gasteiger partial charge in [-0.2, -0.15) is 0 Å². The minimum atomic E-state index is -0.629. The van der Waals surface area contributed by atoms with Crippen LogP contribution in [0.25, 0.3) is 22.0 Å². The molecular formula is C18H12F2N2O2. The van der Waals surface area contributed by atoms with Gasteiger partial charge in [-0.15, -0.1) is 0 Å². The van der Waals surface area contributed by atoms with E-state index in [-0.39, 0.29) is 23.1 Å². The molecule has 0 bridgehead atoms. The van der Waals surface area contributed by atoms with Crippen molar-refractivity contribution >= 4 is 16.8 Å². The molecule has 6 heteroatoms. The van der Waals surface area contributed by atoms with E-state index in [1.807, 2.05) is 0 Å². The maximum absolute atomic E-state index is 14.7. The SMILES string of the molecule is COc1ccc(F)c(-c2cccc3c(F)c4c(nc23)CNC4=O)c1. The van der Waals surface area contributed by atoms with E-state index in [0.29, 0.717) is 22.5 Å². The van der Waals surface area contributed by atoms with E-state index in [1.165, 1.54) is 25.3 Å². The zero-order valence-corrected chi connectivity index (χ0v) is 12.7. The Balaban J connectivity index is 2.05. The summed E-state index contributed by atoms with van der Waals surface area (Å²) in [4.78, 5) is 16.2. The number of methoxy groups -OCH3 is 1. The highest BCUT2D eigenvalue weighted by Gasteiger charge is 2.27. The Morgan fingerprint density at radius 1 is 1.17 bits per heavy atom. The second-order valence-corrected chi connectivity index (χ2v) is 5.48. The number of carbonyl (C=O) groups is 1. The Morgan fingerprint density at radius 3 is 2.79 bits per heavy atom. The summed E-state index contributed by atoms with van der Waals surface area (Å²) in [5.41, 5.74) is 1.33. The molecule has 0 spiro atoms. The van der Waals surface area contributed by atoms with Crippen molar-refractivity contribution in [2.24, 2.45) is 0 Å². The number of hydrogen-bond acceptors (Lipinski definition) is 3. The lowest BCUT2D eigenvalue weighted by Crippen LogP contribution is -2.13. The van der Waals surface area contributed by atoms with Crippen molar-refractivity contribution in [3.05, 3.63) is 59.3 Å². The van der Waals surface area contributed by atoms with Crippen LogP contribution in [0.4, 0.5) is 8.78 Å². The molecule has 1 amide bonds. The van der Waals surface area contributed by atoms with E-state index in [1.54, 1.807) is 18.2 Å². The Labute approximate surface area is 136 Å². The molecule has 1 aromatic heterocycles. The minimum absolute atomic E-state index is 0.0363. The van der Waals surface area contributed by atoms with Gasteiger partial charge < -0.3 is 10.1 Å². The highest BCUT2D eigenvalue weighted by molar-refractivity contribution is 6.03. The van der Waals surface area contributed by atoms with Crippen molar-refractivity contribution in [3.63, 3.8) is 0 Å². The largest absolute Gasteiger partial charge is 0.497 e. The maximum atomic E-state index is 14.7. The molecule has 1 aliphatic heterocycles. The van der Waals surface area contributed by atoms with Gasteiger partial charge >= 0.3 is 0 Å². The quantitative estimate of drug-likeness (QED) is 0.785. The summed E-state index contributed by atoms with van der Waals surface area (Å²) >= 11 is 0. The average Bonchev–Trinajstić information content (AvgIpc) is 2.96. The third-order valence-corrected chi connectivity index (χ3v) is 4.13. The van der Waals surface area contributed by atoms with Gasteiger partial charge in [0.25, 0.3) is 5.91 Å². The lowest BCUT2D eigenvalue weighted by Gasteiger charge is -2.11. The molecule has 0 saturated carbocycles. The number of halogens is 2. The number of pyridine rings is 1. The van der Waals surface area contributed by atoms with E-state index >= 15 is 0 Å². The molecule has 0 saturated heterocycles. The summed E-state index contributed by atoms with van der Waals surface area (Å²) in [6.07, 6.45) is 0. The fourth-order valence-corrected chi connectivity index (χ4v) is 2.96. The van der Waals surface area contributed by atoms with Gasteiger partial charge in [0.2, 0.25) is 0 Å². The Kier molecular flexibility index (Phi) is 3.19. The second-order valence-electron chi connectivity index (χ2n) is 5.48. The fraction of sp³-hybridized carbons (Fsp3) is 0.111. The summed E-state index contributed by atoms with van der Waals surface area (Å²) in [6, 6.07) is 9.16. The van der Waals surface area contributed by atoms with Gasteiger partial charge in [0.05, 0.1) is 30.4 Å². The Hall–Kier alpha value is -3.02. The zero-order chi connectivity index (χ0) is 16.8. The maximum Gasteiger partial charge on any atom is 0.256 e. The third-order valence-electron chi connectivity index (χ3n) is 4.13. The molecule has 0 radical (unpaired) electrons. The summed E-state index contributed by atoms with van der Waals surface area (Å²) in [7, 11) is 1.49. The lowest BCUT2D eigenvalue weighted by atomic mass is 9.99. The van der Waals surface area contributed by atoms with Crippen LogP contribution in [0.2, 0.25) is 0 Å². The number of carbonyl (C=O) groups excluding carboxylic acids is 1. The van der Waals surface area contributed by atoms with Crippen LogP contribution in [0.15, 0.2) is 36.4 Å². The first-order chi connectivity index (χ1) is 11.6. The zero-order valence-electron chi connectivity index (χ0n) is 12.7. The van der Waals surface area contributed by atoms with Crippen LogP contribution in [0.1, 0.15) is 16.1 Å². The topological polar surface area (TPSA) is 51.2 Å². The van der Waals surface area contributed by atoms with Crippen LogP contribution < -0.4 is 10.1 Å². The van der Waals surface area contributed by atoms with Gasteiger partial charge in [0.1, 0.15) is 17.4 Å². The van der Waals surface area contributed by atoms with Crippen LogP contribution >= 0.6 is 0 Å². The normalized spacial score (nSPS) is 13.0. The summed E-state index contributed by atoms with van der Waals surface area (Å²) in [5.74, 6) is -1.08. The second kappa shape index (κ2) is 5.26. The average molecular weight is 326 g/mol. The van der Waals surface area contributed by atoms with Crippen LogP contribution in [0, 0.1) is 11.6 Å². The molecule has 1 N–H and O–H groups in total. The van der Waals surface area contributed by atoms with Crippen LogP contribution in [-0.4, -0.2) is 18.0 Å². The smallest absolute Gasteiger partial charge is 0.256 e. The van der Waals surface area contributed by atoms with Crippen molar-refractivity contribution in [1.82, 2.24) is 10.3 Å². The first-order valence-corrected chi connectivity index (χ1v) is 7.33. The summed E-state index contributed by atoms with van der Waals surface area (Å²) < 4.78 is 34.2. The molecule has 4 rings (SSSR count). The van der Waals surface area contributed by atoms with Gasteiger partial charge in [-0.1, -0.05) is 12.1 Å². The molecule has 0 aliphatic carbocycles. The van der Waals surface area contributed by atoms with E-state index in [4.69, 9.17) is 4.74 Å².